The van der Waals surface area contributed by atoms with Crippen LogP contribution in [0.25, 0.3) is 0 Å². The highest BCUT2D eigenvalue weighted by atomic mass is 16.5. The molecule has 15 heavy (non-hydrogen) atoms. The number of hydrogen-bond donors (Lipinski definition) is 1. The monoisotopic (exact) mass is 211 g/mol. The van der Waals surface area contributed by atoms with Crippen LogP contribution < -0.4 is 15.2 Å². The van der Waals surface area contributed by atoms with Gasteiger partial charge in [-0.15, -0.1) is 0 Å². The zero-order valence-corrected chi connectivity index (χ0v) is 9.16. The Morgan fingerprint density at radius 3 is 2.53 bits per heavy atom. The zero-order valence-electron chi connectivity index (χ0n) is 9.16. The first kappa shape index (κ1) is 11.8. The molecule has 1 aromatic rings. The highest BCUT2D eigenvalue weighted by Crippen LogP contribution is 2.27. The van der Waals surface area contributed by atoms with Crippen LogP contribution in [0.2, 0.25) is 0 Å². The minimum Gasteiger partial charge on any atom is -0.493 e. The quantitative estimate of drug-likeness (QED) is 0.718. The fourth-order valence-corrected chi connectivity index (χ4v) is 1.19. The predicted octanol–water partition coefficient (Wildman–Crippen LogP) is 1.18. The number of methoxy groups -OCH3 is 2. The van der Waals surface area contributed by atoms with E-state index in [1.54, 1.807) is 14.2 Å². The van der Waals surface area contributed by atoms with Crippen molar-refractivity contribution in [2.45, 2.75) is 6.54 Å². The Kier molecular flexibility index (Phi) is 4.93. The third-order valence-electron chi connectivity index (χ3n) is 2.01. The molecule has 0 aromatic heterocycles. The van der Waals surface area contributed by atoms with Crippen molar-refractivity contribution in [1.29, 1.82) is 0 Å². The molecule has 0 radical (unpaired) electrons. The van der Waals surface area contributed by atoms with Gasteiger partial charge in [0.15, 0.2) is 11.5 Å². The molecule has 4 nitrogen and oxygen atoms in total. The summed E-state index contributed by atoms with van der Waals surface area (Å²) >= 11 is 0. The van der Waals surface area contributed by atoms with E-state index in [4.69, 9.17) is 19.9 Å². The fraction of sp³-hybridized carbons (Fsp3) is 0.455. The second-order valence-corrected chi connectivity index (χ2v) is 3.03. The first-order valence-electron chi connectivity index (χ1n) is 4.80. The molecule has 84 valence electrons. The molecular formula is C11H17NO3. The second kappa shape index (κ2) is 6.27. The highest BCUT2D eigenvalue weighted by Gasteiger charge is 2.04. The second-order valence-electron chi connectivity index (χ2n) is 3.03. The van der Waals surface area contributed by atoms with Gasteiger partial charge >= 0.3 is 0 Å². The van der Waals surface area contributed by atoms with E-state index in [0.29, 0.717) is 31.3 Å². The maximum Gasteiger partial charge on any atom is 0.161 e. The summed E-state index contributed by atoms with van der Waals surface area (Å²) in [6, 6.07) is 5.66. The Morgan fingerprint density at radius 1 is 1.13 bits per heavy atom. The highest BCUT2D eigenvalue weighted by molar-refractivity contribution is 5.42. The molecule has 0 aliphatic heterocycles. The molecule has 1 aromatic carbocycles. The van der Waals surface area contributed by atoms with Crippen LogP contribution in [0.15, 0.2) is 18.2 Å². The average molecular weight is 211 g/mol. The van der Waals surface area contributed by atoms with Crippen molar-refractivity contribution in [3.8, 4) is 11.5 Å². The van der Waals surface area contributed by atoms with Crippen molar-refractivity contribution in [2.75, 3.05) is 27.4 Å². The molecular weight excluding hydrogens is 194 g/mol. The summed E-state index contributed by atoms with van der Waals surface area (Å²) in [4.78, 5) is 0. The van der Waals surface area contributed by atoms with Crippen LogP contribution in [-0.2, 0) is 11.3 Å². The van der Waals surface area contributed by atoms with E-state index in [0.717, 1.165) is 5.56 Å². The van der Waals surface area contributed by atoms with Crippen molar-refractivity contribution in [3.63, 3.8) is 0 Å². The summed E-state index contributed by atoms with van der Waals surface area (Å²) in [7, 11) is 3.25. The summed E-state index contributed by atoms with van der Waals surface area (Å²) in [6.07, 6.45) is 0. The molecule has 0 amide bonds. The molecule has 0 saturated carbocycles. The van der Waals surface area contributed by atoms with Gasteiger partial charge in [-0.2, -0.15) is 0 Å². The van der Waals surface area contributed by atoms with Crippen LogP contribution in [-0.4, -0.2) is 27.4 Å². The largest absolute Gasteiger partial charge is 0.493 e. The Balaban J connectivity index is 2.69. The lowest BCUT2D eigenvalue weighted by Gasteiger charge is -2.11. The Hall–Kier alpha value is -1.26. The van der Waals surface area contributed by atoms with E-state index in [2.05, 4.69) is 0 Å². The van der Waals surface area contributed by atoms with Crippen LogP contribution in [0.4, 0.5) is 0 Å². The summed E-state index contributed by atoms with van der Waals surface area (Å²) in [5.41, 5.74) is 6.55. The number of benzene rings is 1. The van der Waals surface area contributed by atoms with Gasteiger partial charge in [-0.05, 0) is 17.7 Å². The van der Waals surface area contributed by atoms with E-state index in [9.17, 15) is 0 Å². The normalized spacial score (nSPS) is 10.1. The molecule has 1 rings (SSSR count). The molecule has 0 aliphatic carbocycles. The smallest absolute Gasteiger partial charge is 0.161 e. The molecule has 4 heteroatoms. The topological polar surface area (TPSA) is 53.7 Å². The molecule has 0 aliphatic rings. The number of nitrogens with two attached hydrogens (primary N) is 1. The van der Waals surface area contributed by atoms with Crippen molar-refractivity contribution < 1.29 is 14.2 Å². The number of hydrogen-bond acceptors (Lipinski definition) is 4. The minimum atomic E-state index is 0.495. The molecule has 0 unspecified atom stereocenters. The van der Waals surface area contributed by atoms with Gasteiger partial charge in [0, 0.05) is 13.7 Å². The third-order valence-corrected chi connectivity index (χ3v) is 2.01. The summed E-state index contributed by atoms with van der Waals surface area (Å²) in [5, 5.41) is 0. The lowest BCUT2D eigenvalue weighted by molar-refractivity contribution is 0.144. The zero-order chi connectivity index (χ0) is 11.1. The predicted molar refractivity (Wildman–Crippen MR) is 58.3 cm³/mol. The molecule has 0 bridgehead atoms. The summed E-state index contributed by atoms with van der Waals surface area (Å²) in [6.45, 7) is 1.56. The van der Waals surface area contributed by atoms with Crippen molar-refractivity contribution in [3.05, 3.63) is 23.8 Å². The first-order chi connectivity index (χ1) is 7.31. The SMILES string of the molecule is COCCOc1ccc(CN)cc1OC. The van der Waals surface area contributed by atoms with Gasteiger partial charge in [-0.1, -0.05) is 6.07 Å². The molecule has 2 N–H and O–H groups in total. The molecule has 0 saturated heterocycles. The van der Waals surface area contributed by atoms with Gasteiger partial charge < -0.3 is 19.9 Å². The van der Waals surface area contributed by atoms with Crippen molar-refractivity contribution >= 4 is 0 Å². The summed E-state index contributed by atoms with van der Waals surface area (Å²) < 4.78 is 15.6. The molecule has 0 fully saturated rings. The van der Waals surface area contributed by atoms with E-state index < -0.39 is 0 Å². The first-order valence-corrected chi connectivity index (χ1v) is 4.80. The van der Waals surface area contributed by atoms with Crippen LogP contribution in [0.3, 0.4) is 0 Å². The van der Waals surface area contributed by atoms with Crippen LogP contribution in [0, 0.1) is 0 Å². The number of rotatable bonds is 6. The number of ether oxygens (including phenoxy) is 3. The minimum absolute atomic E-state index is 0.495. The van der Waals surface area contributed by atoms with Gasteiger partial charge in [0.1, 0.15) is 6.61 Å². The van der Waals surface area contributed by atoms with Crippen LogP contribution in [0.1, 0.15) is 5.56 Å². The Labute approximate surface area is 89.9 Å². The van der Waals surface area contributed by atoms with Crippen molar-refractivity contribution in [2.24, 2.45) is 5.73 Å². The van der Waals surface area contributed by atoms with E-state index in [1.165, 1.54) is 0 Å². The lowest BCUT2D eigenvalue weighted by atomic mass is 10.2. The third kappa shape index (κ3) is 3.42. The Morgan fingerprint density at radius 2 is 1.93 bits per heavy atom. The van der Waals surface area contributed by atoms with Gasteiger partial charge in [0.2, 0.25) is 0 Å². The van der Waals surface area contributed by atoms with Crippen LogP contribution >= 0.6 is 0 Å². The van der Waals surface area contributed by atoms with Crippen molar-refractivity contribution in [1.82, 2.24) is 0 Å². The van der Waals surface area contributed by atoms with Gasteiger partial charge in [0.05, 0.1) is 13.7 Å². The maximum absolute atomic E-state index is 5.53. The van der Waals surface area contributed by atoms with Gasteiger partial charge in [-0.3, -0.25) is 0 Å². The lowest BCUT2D eigenvalue weighted by Crippen LogP contribution is -2.06. The van der Waals surface area contributed by atoms with E-state index in [1.807, 2.05) is 18.2 Å². The van der Waals surface area contributed by atoms with Crippen LogP contribution in [0.5, 0.6) is 11.5 Å². The van der Waals surface area contributed by atoms with Gasteiger partial charge in [-0.25, -0.2) is 0 Å². The summed E-state index contributed by atoms with van der Waals surface area (Å²) in [5.74, 6) is 1.42. The maximum atomic E-state index is 5.53. The molecule has 0 heterocycles. The van der Waals surface area contributed by atoms with E-state index in [-0.39, 0.29) is 0 Å². The van der Waals surface area contributed by atoms with Gasteiger partial charge in [0.25, 0.3) is 0 Å². The fourth-order valence-electron chi connectivity index (χ4n) is 1.19. The van der Waals surface area contributed by atoms with E-state index >= 15 is 0 Å². The Bertz CT molecular complexity index is 302. The molecule has 0 atom stereocenters. The molecule has 0 spiro atoms. The standard InChI is InChI=1S/C11H17NO3/c1-13-5-6-15-10-4-3-9(8-12)7-11(10)14-2/h3-4,7H,5-6,8,12H2,1-2H3. The average Bonchev–Trinajstić information content (AvgIpc) is 2.29.